The van der Waals surface area contributed by atoms with Crippen LogP contribution in [0.5, 0.6) is 5.75 Å². The molecule has 3 saturated heterocycles. The van der Waals surface area contributed by atoms with Gasteiger partial charge in [-0.25, -0.2) is 4.98 Å². The molecule has 1 saturated carbocycles. The molecule has 0 bridgehead atoms. The van der Waals surface area contributed by atoms with Crippen molar-refractivity contribution in [3.05, 3.63) is 48.2 Å². The maximum absolute atomic E-state index is 14.2. The number of hydrogen-bond donors (Lipinski definition) is 1. The summed E-state index contributed by atoms with van der Waals surface area (Å²) in [4.78, 5) is 31.3. The van der Waals surface area contributed by atoms with Gasteiger partial charge in [-0.15, -0.1) is 0 Å². The maximum atomic E-state index is 14.2. The van der Waals surface area contributed by atoms with Gasteiger partial charge in [0.2, 0.25) is 11.9 Å². The monoisotopic (exact) mass is 746 g/mol. The number of H-pyrrole nitrogens is 1. The fraction of sp³-hybridized carbons (Fsp3) is 0.550. The number of rotatable bonds is 8. The van der Waals surface area contributed by atoms with Gasteiger partial charge in [0.05, 0.1) is 17.8 Å². The zero-order valence-electron chi connectivity index (χ0n) is 31.3. The number of nitrogens with one attached hydrogen (secondary N) is 1. The molecule has 4 aliphatic rings. The lowest BCUT2D eigenvalue weighted by atomic mass is 9.72. The number of fused-ring (bicyclic) bond motifs is 2. The van der Waals surface area contributed by atoms with Crippen molar-refractivity contribution in [1.82, 2.24) is 30.0 Å². The van der Waals surface area contributed by atoms with E-state index < -0.39 is 12.8 Å². The fourth-order valence-electron chi connectivity index (χ4n) is 8.66. The third-order valence-corrected chi connectivity index (χ3v) is 12.0. The molecule has 3 aliphatic heterocycles. The maximum Gasteiger partial charge on any atom is 0.422 e. The summed E-state index contributed by atoms with van der Waals surface area (Å²) in [5.41, 5.74) is 4.53. The van der Waals surface area contributed by atoms with Gasteiger partial charge < -0.3 is 29.1 Å². The van der Waals surface area contributed by atoms with Gasteiger partial charge >= 0.3 is 6.18 Å². The number of nitrogens with zero attached hydrogens (tertiary/aromatic N) is 7. The summed E-state index contributed by atoms with van der Waals surface area (Å²) >= 11 is 0. The van der Waals surface area contributed by atoms with Gasteiger partial charge in [0.15, 0.2) is 12.4 Å². The molecule has 1 spiro atoms. The molecule has 0 radical (unpaired) electrons. The Hall–Kier alpha value is -4.43. The molecule has 1 amide bonds. The highest BCUT2D eigenvalue weighted by atomic mass is 19.4. The van der Waals surface area contributed by atoms with Crippen molar-refractivity contribution in [2.75, 3.05) is 82.9 Å². The normalized spacial score (nSPS) is 21.2. The summed E-state index contributed by atoms with van der Waals surface area (Å²) in [6.07, 6.45) is 3.85. The van der Waals surface area contributed by atoms with E-state index in [2.05, 4.69) is 44.6 Å². The molecule has 1 atom stereocenters. The Morgan fingerprint density at radius 1 is 1.00 bits per heavy atom. The molecule has 5 heterocycles. The molecule has 2 aromatic heterocycles. The number of ether oxygens (including phenoxy) is 2. The first kappa shape index (κ1) is 36.5. The van der Waals surface area contributed by atoms with Crippen LogP contribution in [-0.4, -0.2) is 121 Å². The predicted octanol–water partition coefficient (Wildman–Crippen LogP) is 6.46. The summed E-state index contributed by atoms with van der Waals surface area (Å²) in [6, 6.07) is 6.05. The minimum absolute atomic E-state index is 0.0377. The van der Waals surface area contributed by atoms with Crippen LogP contribution >= 0.6 is 0 Å². The van der Waals surface area contributed by atoms with Crippen molar-refractivity contribution in [3.63, 3.8) is 0 Å². The van der Waals surface area contributed by atoms with Crippen molar-refractivity contribution >= 4 is 39.5 Å². The zero-order valence-corrected chi connectivity index (χ0v) is 31.3. The number of carbonyl (C=O) groups excluding carboxylic acids is 1. The number of piperidine rings is 1. The Labute approximate surface area is 313 Å². The number of likely N-dealkylation sites (tertiary alicyclic amines) is 1. The number of amides is 1. The van der Waals surface area contributed by atoms with Crippen molar-refractivity contribution in [2.24, 2.45) is 5.41 Å². The molecular formula is C40H49F3N8O3. The van der Waals surface area contributed by atoms with Gasteiger partial charge in [-0.1, -0.05) is 12.6 Å². The molecule has 0 unspecified atom stereocenters. The average Bonchev–Trinajstić information content (AvgIpc) is 3.87. The minimum Gasteiger partial charge on any atom is -0.481 e. The number of likely N-dealkylation sites (N-methyl/N-ethyl adjacent to an activating group) is 1. The molecule has 288 valence electrons. The summed E-state index contributed by atoms with van der Waals surface area (Å²) in [5, 5.41) is 8.87. The Kier molecular flexibility index (Phi) is 9.70. The second kappa shape index (κ2) is 14.3. The molecule has 11 nitrogen and oxygen atoms in total. The number of methoxy groups -OCH3 is 1. The van der Waals surface area contributed by atoms with Crippen LogP contribution in [0.25, 0.3) is 32.9 Å². The van der Waals surface area contributed by atoms with Gasteiger partial charge in [0, 0.05) is 81.2 Å². The smallest absolute Gasteiger partial charge is 0.422 e. The Morgan fingerprint density at radius 3 is 2.46 bits per heavy atom. The number of halogens is 3. The van der Waals surface area contributed by atoms with Crippen molar-refractivity contribution in [2.45, 2.75) is 63.6 Å². The van der Waals surface area contributed by atoms with Crippen molar-refractivity contribution < 1.29 is 27.4 Å². The number of benzene rings is 2. The molecule has 8 rings (SSSR count). The van der Waals surface area contributed by atoms with Crippen LogP contribution in [0.1, 0.15) is 55.6 Å². The molecule has 4 aromatic rings. The van der Waals surface area contributed by atoms with E-state index in [4.69, 9.17) is 19.4 Å². The summed E-state index contributed by atoms with van der Waals surface area (Å²) < 4.78 is 54.4. The highest BCUT2D eigenvalue weighted by Crippen LogP contribution is 2.53. The number of hydrogen-bond acceptors (Lipinski definition) is 9. The van der Waals surface area contributed by atoms with Crippen molar-refractivity contribution in [3.8, 4) is 16.9 Å². The number of aromatic nitrogens is 4. The molecule has 2 aromatic carbocycles. The first-order valence-corrected chi connectivity index (χ1v) is 19.1. The van der Waals surface area contributed by atoms with Crippen LogP contribution in [0.4, 0.5) is 24.9 Å². The molecular weight excluding hydrogens is 697 g/mol. The molecule has 14 heteroatoms. The lowest BCUT2D eigenvalue weighted by Gasteiger charge is -2.54. The SMILES string of the molecule is C=CC(=O)N1CC2(CCN(c3nc(N4CC[C@@H](OC)CCN(C)CC4)nc4c(OCC(F)(F)F)c(-c5c(C)ccc6[nH]ncc56)c(C5CC5)cc34)CC2)C1. The van der Waals surface area contributed by atoms with E-state index in [9.17, 15) is 18.0 Å². The van der Waals surface area contributed by atoms with E-state index in [1.54, 1.807) is 13.3 Å². The Bertz CT molecular complexity index is 2050. The molecule has 1 N–H and O–H groups in total. The number of anilines is 2. The van der Waals surface area contributed by atoms with E-state index in [0.717, 1.165) is 79.2 Å². The minimum atomic E-state index is -4.57. The highest BCUT2D eigenvalue weighted by molar-refractivity contribution is 6.06. The first-order chi connectivity index (χ1) is 26.0. The van der Waals surface area contributed by atoms with E-state index >= 15 is 0 Å². The molecule has 1 aliphatic carbocycles. The second-order valence-corrected chi connectivity index (χ2v) is 15.8. The van der Waals surface area contributed by atoms with Crippen LogP contribution in [0.2, 0.25) is 0 Å². The average molecular weight is 747 g/mol. The third kappa shape index (κ3) is 7.10. The van der Waals surface area contributed by atoms with E-state index in [1.807, 2.05) is 24.0 Å². The lowest BCUT2D eigenvalue weighted by Crippen LogP contribution is -2.61. The number of aryl methyl sites for hydroxylation is 1. The molecule has 4 fully saturated rings. The zero-order chi connectivity index (χ0) is 37.8. The van der Waals surface area contributed by atoms with E-state index in [1.165, 1.54) is 6.08 Å². The number of carbonyl (C=O) groups is 1. The Balaban J connectivity index is 1.31. The van der Waals surface area contributed by atoms with Crippen LogP contribution in [0.3, 0.4) is 0 Å². The van der Waals surface area contributed by atoms with Crippen LogP contribution in [0, 0.1) is 12.3 Å². The van der Waals surface area contributed by atoms with E-state index in [0.29, 0.717) is 67.5 Å². The van der Waals surface area contributed by atoms with Gasteiger partial charge in [-0.3, -0.25) is 9.89 Å². The predicted molar refractivity (Wildman–Crippen MR) is 203 cm³/mol. The standard InChI is InChI=1S/C40H49F3N8O3/c1-5-32(52)51-22-39(23-51)12-16-49(17-13-39)37-29-20-28(26-7-8-26)34(33-25(2)6-9-31-30(33)21-44-47-31)36(54-24-40(41,42)43)35(29)45-38(46-37)50-15-11-27(53-4)10-14-48(3)18-19-50/h5-6,9,20-21,26-27H,1,7-8,10-19,22-24H2,2-4H3,(H,44,47)/t27-/m0/s1. The van der Waals surface area contributed by atoms with Gasteiger partial charge in [0.1, 0.15) is 11.3 Å². The second-order valence-electron chi connectivity index (χ2n) is 15.8. The largest absolute Gasteiger partial charge is 0.481 e. The molecule has 54 heavy (non-hydrogen) atoms. The number of alkyl halides is 3. The van der Waals surface area contributed by atoms with E-state index in [-0.39, 0.29) is 29.1 Å². The van der Waals surface area contributed by atoms with Crippen molar-refractivity contribution in [1.29, 1.82) is 0 Å². The van der Waals surface area contributed by atoms with Crippen LogP contribution < -0.4 is 14.5 Å². The summed E-state index contributed by atoms with van der Waals surface area (Å²) in [6.45, 7) is 9.91. The fourth-order valence-corrected chi connectivity index (χ4v) is 8.66. The van der Waals surface area contributed by atoms with Gasteiger partial charge in [0.25, 0.3) is 0 Å². The summed E-state index contributed by atoms with van der Waals surface area (Å²) in [7, 11) is 3.82. The quantitative estimate of drug-likeness (QED) is 0.204. The first-order valence-electron chi connectivity index (χ1n) is 19.1. The van der Waals surface area contributed by atoms with Crippen LogP contribution in [-0.2, 0) is 9.53 Å². The number of aromatic amines is 1. The van der Waals surface area contributed by atoms with Crippen LogP contribution in [0.15, 0.2) is 37.1 Å². The summed E-state index contributed by atoms with van der Waals surface area (Å²) in [5.74, 6) is 1.43. The Morgan fingerprint density at radius 2 is 1.76 bits per heavy atom. The third-order valence-electron chi connectivity index (χ3n) is 12.0. The van der Waals surface area contributed by atoms with Gasteiger partial charge in [-0.2, -0.15) is 23.3 Å². The lowest BCUT2D eigenvalue weighted by molar-refractivity contribution is -0.153. The topological polar surface area (TPSA) is 103 Å². The van der Waals surface area contributed by atoms with Gasteiger partial charge in [-0.05, 0) is 93.3 Å². The highest BCUT2D eigenvalue weighted by Gasteiger charge is 2.46.